The Morgan fingerprint density at radius 2 is 1.91 bits per heavy atom. The highest BCUT2D eigenvalue weighted by atomic mass is 35.5. The Morgan fingerprint density at radius 3 is 2.64 bits per heavy atom. The van der Waals surface area contributed by atoms with Crippen molar-refractivity contribution in [3.8, 4) is 11.5 Å². The van der Waals surface area contributed by atoms with E-state index in [-0.39, 0.29) is 31.3 Å². The highest BCUT2D eigenvalue weighted by molar-refractivity contribution is 6.34. The Hall–Kier alpha value is -3.26. The standard InChI is InChI=1S/C24H27ClN4O4/c1-24(2,3)26-23(31)28(4)13-22(30)29-19(15-9-10-20-21(11-15)33-14-32-20)12-18(27-29)16-7-5-6-8-17(16)25/h5-11,19H,12-14H2,1-4H3,(H,26,31)/t19-/m0/s1. The first-order valence-corrected chi connectivity index (χ1v) is 11.1. The van der Waals surface area contributed by atoms with E-state index in [0.717, 1.165) is 11.1 Å². The van der Waals surface area contributed by atoms with Crippen LogP contribution in [-0.2, 0) is 4.79 Å². The van der Waals surface area contributed by atoms with Gasteiger partial charge in [-0.15, -0.1) is 0 Å². The number of nitrogens with zero attached hydrogens (tertiary/aromatic N) is 3. The third kappa shape index (κ3) is 5.06. The second kappa shape index (κ2) is 8.94. The van der Waals surface area contributed by atoms with Gasteiger partial charge in [-0.2, -0.15) is 5.10 Å². The topological polar surface area (TPSA) is 83.5 Å². The maximum absolute atomic E-state index is 13.3. The number of carbonyl (C=O) groups is 2. The molecule has 2 aliphatic rings. The number of halogens is 1. The average molecular weight is 471 g/mol. The zero-order valence-electron chi connectivity index (χ0n) is 19.1. The molecule has 2 aromatic carbocycles. The lowest BCUT2D eigenvalue weighted by Gasteiger charge is -2.28. The number of hydrogen-bond acceptors (Lipinski definition) is 5. The molecule has 2 aromatic rings. The van der Waals surface area contributed by atoms with E-state index in [4.69, 9.17) is 21.1 Å². The Labute approximate surface area is 198 Å². The minimum absolute atomic E-state index is 0.123. The second-order valence-corrected chi connectivity index (χ2v) is 9.54. The number of carbonyl (C=O) groups excluding carboxylic acids is 2. The van der Waals surface area contributed by atoms with E-state index in [1.54, 1.807) is 13.1 Å². The number of ether oxygens (including phenoxy) is 2. The van der Waals surface area contributed by atoms with Crippen molar-refractivity contribution in [1.29, 1.82) is 0 Å². The number of urea groups is 1. The fourth-order valence-corrected chi connectivity index (χ4v) is 3.99. The van der Waals surface area contributed by atoms with Gasteiger partial charge in [0.1, 0.15) is 6.54 Å². The zero-order chi connectivity index (χ0) is 23.8. The molecule has 0 aliphatic carbocycles. The summed E-state index contributed by atoms with van der Waals surface area (Å²) in [5.41, 5.74) is 1.93. The highest BCUT2D eigenvalue weighted by Crippen LogP contribution is 2.39. The van der Waals surface area contributed by atoms with E-state index in [9.17, 15) is 9.59 Å². The number of nitrogens with one attached hydrogen (secondary N) is 1. The smallest absolute Gasteiger partial charge is 0.318 e. The number of rotatable bonds is 4. The number of amides is 3. The van der Waals surface area contributed by atoms with Crippen molar-refractivity contribution in [2.45, 2.75) is 38.8 Å². The predicted molar refractivity (Wildman–Crippen MR) is 126 cm³/mol. The van der Waals surface area contributed by atoms with Crippen LogP contribution in [0.1, 0.15) is 44.4 Å². The largest absolute Gasteiger partial charge is 0.454 e. The molecular weight excluding hydrogens is 444 g/mol. The third-order valence-corrected chi connectivity index (χ3v) is 5.66. The molecule has 174 valence electrons. The fraction of sp³-hybridized carbons (Fsp3) is 0.375. The summed E-state index contributed by atoms with van der Waals surface area (Å²) in [5.74, 6) is 1.000. The van der Waals surface area contributed by atoms with Crippen LogP contribution in [0, 0.1) is 0 Å². The molecule has 0 saturated heterocycles. The van der Waals surface area contributed by atoms with Crippen molar-refractivity contribution >= 4 is 29.3 Å². The molecule has 9 heteroatoms. The Kier molecular flexibility index (Phi) is 6.21. The molecule has 3 amide bonds. The van der Waals surface area contributed by atoms with Crippen LogP contribution in [-0.4, -0.2) is 53.5 Å². The lowest BCUT2D eigenvalue weighted by Crippen LogP contribution is -2.49. The molecule has 33 heavy (non-hydrogen) atoms. The maximum Gasteiger partial charge on any atom is 0.318 e. The molecule has 8 nitrogen and oxygen atoms in total. The van der Waals surface area contributed by atoms with Crippen molar-refractivity contribution < 1.29 is 19.1 Å². The molecule has 2 heterocycles. The lowest BCUT2D eigenvalue weighted by molar-refractivity contribution is -0.133. The summed E-state index contributed by atoms with van der Waals surface area (Å²) in [6.07, 6.45) is 0.479. The maximum atomic E-state index is 13.3. The van der Waals surface area contributed by atoms with Gasteiger partial charge in [0.15, 0.2) is 11.5 Å². The Bertz CT molecular complexity index is 1110. The van der Waals surface area contributed by atoms with E-state index < -0.39 is 5.54 Å². The van der Waals surface area contributed by atoms with Crippen LogP contribution in [0.25, 0.3) is 0 Å². The third-order valence-electron chi connectivity index (χ3n) is 5.33. The van der Waals surface area contributed by atoms with Gasteiger partial charge < -0.3 is 19.7 Å². The van der Waals surface area contributed by atoms with Crippen LogP contribution in [0.2, 0.25) is 5.02 Å². The zero-order valence-corrected chi connectivity index (χ0v) is 19.8. The first kappa shape index (κ1) is 22.9. The van der Waals surface area contributed by atoms with Crippen molar-refractivity contribution in [3.63, 3.8) is 0 Å². The molecule has 0 fully saturated rings. The Balaban J connectivity index is 1.61. The molecule has 4 rings (SSSR count). The molecule has 2 aliphatic heterocycles. The van der Waals surface area contributed by atoms with Gasteiger partial charge in [0, 0.05) is 29.6 Å². The van der Waals surface area contributed by atoms with Gasteiger partial charge in [-0.25, -0.2) is 9.80 Å². The SMILES string of the molecule is CN(CC(=O)N1N=C(c2ccccc2Cl)C[C@H]1c1ccc2c(c1)OCO2)C(=O)NC(C)(C)C. The molecule has 0 aromatic heterocycles. The van der Waals surface area contributed by atoms with E-state index in [1.165, 1.54) is 9.91 Å². The van der Waals surface area contributed by atoms with Crippen LogP contribution in [0.5, 0.6) is 11.5 Å². The molecule has 1 atom stereocenters. The first-order valence-electron chi connectivity index (χ1n) is 10.7. The summed E-state index contributed by atoms with van der Waals surface area (Å²) in [5, 5.41) is 9.51. The summed E-state index contributed by atoms with van der Waals surface area (Å²) >= 11 is 6.41. The molecule has 0 spiro atoms. The number of hydrazone groups is 1. The van der Waals surface area contributed by atoms with E-state index in [1.807, 2.05) is 57.2 Å². The molecule has 0 unspecified atom stereocenters. The molecule has 0 radical (unpaired) electrons. The summed E-state index contributed by atoms with van der Waals surface area (Å²) in [6.45, 7) is 5.70. The van der Waals surface area contributed by atoms with Crippen molar-refractivity contribution in [2.24, 2.45) is 5.10 Å². The fourth-order valence-electron chi connectivity index (χ4n) is 3.74. The normalized spacial score (nSPS) is 17.1. The summed E-state index contributed by atoms with van der Waals surface area (Å²) in [6, 6.07) is 12.3. The summed E-state index contributed by atoms with van der Waals surface area (Å²) < 4.78 is 10.9. The first-order chi connectivity index (χ1) is 15.6. The molecular formula is C24H27ClN4O4. The van der Waals surface area contributed by atoms with E-state index in [2.05, 4.69) is 10.4 Å². The summed E-state index contributed by atoms with van der Waals surface area (Å²) in [7, 11) is 1.59. The van der Waals surface area contributed by atoms with Crippen LogP contribution in [0.4, 0.5) is 4.79 Å². The van der Waals surface area contributed by atoms with Crippen molar-refractivity contribution in [3.05, 3.63) is 58.6 Å². The van der Waals surface area contributed by atoms with Crippen molar-refractivity contribution in [2.75, 3.05) is 20.4 Å². The lowest BCUT2D eigenvalue weighted by atomic mass is 9.98. The van der Waals surface area contributed by atoms with Gasteiger partial charge >= 0.3 is 6.03 Å². The van der Waals surface area contributed by atoms with Crippen LogP contribution in [0.3, 0.4) is 0 Å². The van der Waals surface area contributed by atoms with Crippen LogP contribution in [0.15, 0.2) is 47.6 Å². The number of hydrogen-bond donors (Lipinski definition) is 1. The predicted octanol–water partition coefficient (Wildman–Crippen LogP) is 4.19. The minimum Gasteiger partial charge on any atom is -0.454 e. The van der Waals surface area contributed by atoms with Gasteiger partial charge in [0.2, 0.25) is 6.79 Å². The highest BCUT2D eigenvalue weighted by Gasteiger charge is 2.35. The average Bonchev–Trinajstić information content (AvgIpc) is 3.39. The monoisotopic (exact) mass is 470 g/mol. The van der Waals surface area contributed by atoms with Crippen LogP contribution < -0.4 is 14.8 Å². The minimum atomic E-state index is -0.410. The van der Waals surface area contributed by atoms with Gasteiger partial charge in [-0.05, 0) is 44.5 Å². The van der Waals surface area contributed by atoms with Gasteiger partial charge in [-0.1, -0.05) is 35.9 Å². The molecule has 1 N–H and O–H groups in total. The molecule has 0 bridgehead atoms. The second-order valence-electron chi connectivity index (χ2n) is 9.13. The van der Waals surface area contributed by atoms with E-state index >= 15 is 0 Å². The summed E-state index contributed by atoms with van der Waals surface area (Å²) in [4.78, 5) is 27.1. The molecule has 0 saturated carbocycles. The Morgan fingerprint density at radius 1 is 1.18 bits per heavy atom. The van der Waals surface area contributed by atoms with Crippen LogP contribution >= 0.6 is 11.6 Å². The number of fused-ring (bicyclic) bond motifs is 1. The van der Waals surface area contributed by atoms with Gasteiger partial charge in [-0.3, -0.25) is 4.79 Å². The quantitative estimate of drug-likeness (QED) is 0.726. The number of likely N-dealkylation sites (N-methyl/N-ethyl adjacent to an activating group) is 1. The number of benzene rings is 2. The van der Waals surface area contributed by atoms with Gasteiger partial charge in [0.05, 0.1) is 11.8 Å². The van der Waals surface area contributed by atoms with Crippen molar-refractivity contribution in [1.82, 2.24) is 15.2 Å². The van der Waals surface area contributed by atoms with Gasteiger partial charge in [0.25, 0.3) is 5.91 Å². The van der Waals surface area contributed by atoms with E-state index in [0.29, 0.717) is 28.7 Å².